The number of rotatable bonds is 2. The van der Waals surface area contributed by atoms with E-state index >= 15 is 0 Å². The molecule has 2 nitrogen and oxygen atoms in total. The van der Waals surface area contributed by atoms with Crippen LogP contribution < -0.4 is 5.32 Å². The van der Waals surface area contributed by atoms with Crippen LogP contribution in [0, 0.1) is 12.7 Å². The molecule has 0 bridgehead atoms. The summed E-state index contributed by atoms with van der Waals surface area (Å²) in [5, 5.41) is 3.46. The van der Waals surface area contributed by atoms with Gasteiger partial charge < -0.3 is 5.32 Å². The third-order valence-electron chi connectivity index (χ3n) is 3.25. The third-order valence-corrected chi connectivity index (χ3v) is 3.25. The summed E-state index contributed by atoms with van der Waals surface area (Å²) in [6.45, 7) is 10.00. The Bertz CT molecular complexity index is 401. The fourth-order valence-corrected chi connectivity index (χ4v) is 2.45. The Morgan fingerprint density at radius 1 is 1.41 bits per heavy atom. The topological polar surface area (TPSA) is 15.3 Å². The highest BCUT2D eigenvalue weighted by Crippen LogP contribution is 2.16. The molecule has 1 saturated heterocycles. The third kappa shape index (κ3) is 3.27. The fraction of sp³-hybridized carbons (Fsp3) is 0.571. The Hall–Kier alpha value is -0.930. The van der Waals surface area contributed by atoms with Crippen molar-refractivity contribution in [3.8, 4) is 0 Å². The summed E-state index contributed by atoms with van der Waals surface area (Å²) in [5.41, 5.74) is 2.05. The van der Waals surface area contributed by atoms with Gasteiger partial charge >= 0.3 is 0 Å². The molecule has 0 atom stereocenters. The number of nitrogens with one attached hydrogen (secondary N) is 1. The quantitative estimate of drug-likeness (QED) is 0.847. The van der Waals surface area contributed by atoms with Crippen LogP contribution >= 0.6 is 0 Å². The summed E-state index contributed by atoms with van der Waals surface area (Å²) in [5.74, 6) is -0.0908. The average Bonchev–Trinajstić information content (AvgIpc) is 2.22. The van der Waals surface area contributed by atoms with Crippen LogP contribution in [0.2, 0.25) is 0 Å². The van der Waals surface area contributed by atoms with E-state index in [1.54, 1.807) is 6.07 Å². The molecule has 0 unspecified atom stereocenters. The molecule has 3 heteroatoms. The Morgan fingerprint density at radius 3 is 2.88 bits per heavy atom. The van der Waals surface area contributed by atoms with Gasteiger partial charge in [-0.05, 0) is 26.8 Å². The number of hydrogen-bond donors (Lipinski definition) is 1. The lowest BCUT2D eigenvalue weighted by molar-refractivity contribution is 0.147. The van der Waals surface area contributed by atoms with Crippen LogP contribution in [0.25, 0.3) is 0 Å². The molecule has 0 radical (unpaired) electrons. The number of halogens is 1. The molecule has 94 valence electrons. The van der Waals surface area contributed by atoms with Gasteiger partial charge in [-0.2, -0.15) is 0 Å². The number of hydrogen-bond acceptors (Lipinski definition) is 2. The lowest BCUT2D eigenvalue weighted by Crippen LogP contribution is -2.56. The van der Waals surface area contributed by atoms with Gasteiger partial charge in [-0.3, -0.25) is 4.90 Å². The first-order valence-electron chi connectivity index (χ1n) is 6.19. The van der Waals surface area contributed by atoms with Gasteiger partial charge in [-0.25, -0.2) is 4.39 Å². The van der Waals surface area contributed by atoms with E-state index in [1.807, 2.05) is 19.1 Å². The lowest BCUT2D eigenvalue weighted by atomic mass is 10.0. The van der Waals surface area contributed by atoms with Crippen molar-refractivity contribution in [2.75, 3.05) is 19.6 Å². The molecule has 1 N–H and O–H groups in total. The highest BCUT2D eigenvalue weighted by atomic mass is 19.1. The van der Waals surface area contributed by atoms with Crippen molar-refractivity contribution in [1.29, 1.82) is 0 Å². The summed E-state index contributed by atoms with van der Waals surface area (Å²) < 4.78 is 13.7. The molecule has 1 fully saturated rings. The molecule has 0 aliphatic carbocycles. The number of nitrogens with zero attached hydrogens (tertiary/aromatic N) is 1. The van der Waals surface area contributed by atoms with Crippen LogP contribution in [0.1, 0.15) is 25.0 Å². The molecule has 0 aromatic heterocycles. The fourth-order valence-electron chi connectivity index (χ4n) is 2.45. The molecule has 1 aliphatic rings. The molecular weight excluding hydrogens is 215 g/mol. The molecule has 1 aromatic rings. The van der Waals surface area contributed by atoms with E-state index in [1.165, 1.54) is 0 Å². The van der Waals surface area contributed by atoms with E-state index in [0.29, 0.717) is 6.54 Å². The van der Waals surface area contributed by atoms with Crippen LogP contribution in [-0.2, 0) is 6.54 Å². The largest absolute Gasteiger partial charge is 0.309 e. The lowest BCUT2D eigenvalue weighted by Gasteiger charge is -2.39. The molecule has 2 rings (SSSR count). The summed E-state index contributed by atoms with van der Waals surface area (Å²) in [6, 6.07) is 5.34. The van der Waals surface area contributed by atoms with Gasteiger partial charge in [-0.15, -0.1) is 0 Å². The summed E-state index contributed by atoms with van der Waals surface area (Å²) in [4.78, 5) is 2.31. The minimum absolute atomic E-state index is 0.0908. The van der Waals surface area contributed by atoms with Crippen molar-refractivity contribution in [3.63, 3.8) is 0 Å². The zero-order valence-corrected chi connectivity index (χ0v) is 10.9. The molecule has 0 saturated carbocycles. The first-order valence-corrected chi connectivity index (χ1v) is 6.19. The van der Waals surface area contributed by atoms with Crippen LogP contribution in [0.5, 0.6) is 0 Å². The molecule has 17 heavy (non-hydrogen) atoms. The van der Waals surface area contributed by atoms with Crippen LogP contribution in [-0.4, -0.2) is 30.1 Å². The van der Waals surface area contributed by atoms with E-state index in [2.05, 4.69) is 24.1 Å². The second-order valence-corrected chi connectivity index (χ2v) is 5.62. The SMILES string of the molecule is Cc1ccc(F)c(CN2CCNC(C)(C)C2)c1. The smallest absolute Gasteiger partial charge is 0.127 e. The predicted octanol–water partition coefficient (Wildman–Crippen LogP) is 2.32. The number of aryl methyl sites for hydroxylation is 1. The van der Waals surface area contributed by atoms with Crippen molar-refractivity contribution < 1.29 is 4.39 Å². The molecule has 1 aromatic carbocycles. The highest BCUT2D eigenvalue weighted by Gasteiger charge is 2.25. The van der Waals surface area contributed by atoms with Gasteiger partial charge in [0.25, 0.3) is 0 Å². The van der Waals surface area contributed by atoms with Gasteiger partial charge in [0.1, 0.15) is 5.82 Å². The van der Waals surface area contributed by atoms with E-state index in [-0.39, 0.29) is 11.4 Å². The van der Waals surface area contributed by atoms with Crippen LogP contribution in [0.15, 0.2) is 18.2 Å². The Balaban J connectivity index is 2.07. The van der Waals surface area contributed by atoms with Gasteiger partial charge in [0, 0.05) is 37.3 Å². The van der Waals surface area contributed by atoms with Crippen molar-refractivity contribution in [2.24, 2.45) is 0 Å². The first kappa shape index (κ1) is 12.5. The second-order valence-electron chi connectivity index (χ2n) is 5.62. The van der Waals surface area contributed by atoms with Gasteiger partial charge in [0.15, 0.2) is 0 Å². The molecule has 0 spiro atoms. The monoisotopic (exact) mass is 236 g/mol. The molecule has 1 heterocycles. The average molecular weight is 236 g/mol. The van der Waals surface area contributed by atoms with Gasteiger partial charge in [-0.1, -0.05) is 17.7 Å². The number of piperazine rings is 1. The molecule has 1 aliphatic heterocycles. The van der Waals surface area contributed by atoms with Crippen LogP contribution in [0.4, 0.5) is 4.39 Å². The Morgan fingerprint density at radius 2 is 2.18 bits per heavy atom. The minimum atomic E-state index is -0.0908. The van der Waals surface area contributed by atoms with Gasteiger partial charge in [0.05, 0.1) is 0 Å². The minimum Gasteiger partial charge on any atom is -0.309 e. The molecule has 0 amide bonds. The first-order chi connectivity index (χ1) is 7.96. The maximum Gasteiger partial charge on any atom is 0.127 e. The van der Waals surface area contributed by atoms with Crippen molar-refractivity contribution in [3.05, 3.63) is 35.1 Å². The Kier molecular flexibility index (Phi) is 3.50. The van der Waals surface area contributed by atoms with E-state index in [4.69, 9.17) is 0 Å². The van der Waals surface area contributed by atoms with Crippen molar-refractivity contribution in [2.45, 2.75) is 32.9 Å². The van der Waals surface area contributed by atoms with Crippen molar-refractivity contribution >= 4 is 0 Å². The number of benzene rings is 1. The van der Waals surface area contributed by atoms with Crippen LogP contribution in [0.3, 0.4) is 0 Å². The zero-order chi connectivity index (χ0) is 12.5. The predicted molar refractivity (Wildman–Crippen MR) is 68.5 cm³/mol. The normalized spacial score (nSPS) is 20.5. The van der Waals surface area contributed by atoms with Gasteiger partial charge in [0.2, 0.25) is 0 Å². The maximum absolute atomic E-state index is 13.7. The second kappa shape index (κ2) is 4.75. The zero-order valence-electron chi connectivity index (χ0n) is 10.9. The molecular formula is C14H21FN2. The highest BCUT2D eigenvalue weighted by molar-refractivity contribution is 5.24. The Labute approximate surface area is 103 Å². The van der Waals surface area contributed by atoms with Crippen molar-refractivity contribution in [1.82, 2.24) is 10.2 Å². The standard InChI is InChI=1S/C14H21FN2/c1-11-4-5-13(15)12(8-11)9-17-7-6-16-14(2,3)10-17/h4-5,8,16H,6-7,9-10H2,1-3H3. The summed E-state index contributed by atoms with van der Waals surface area (Å²) in [6.07, 6.45) is 0. The summed E-state index contributed by atoms with van der Waals surface area (Å²) in [7, 11) is 0. The van der Waals surface area contributed by atoms with E-state index in [9.17, 15) is 4.39 Å². The summed E-state index contributed by atoms with van der Waals surface area (Å²) >= 11 is 0. The van der Waals surface area contributed by atoms with E-state index in [0.717, 1.165) is 30.8 Å². The van der Waals surface area contributed by atoms with E-state index < -0.39 is 0 Å². The maximum atomic E-state index is 13.7.